The fourth-order valence-electron chi connectivity index (χ4n) is 2.94. The van der Waals surface area contributed by atoms with Gasteiger partial charge in [0.2, 0.25) is 11.8 Å². The van der Waals surface area contributed by atoms with Crippen LogP contribution in [0.2, 0.25) is 0 Å². The zero-order valence-electron chi connectivity index (χ0n) is 13.8. The van der Waals surface area contributed by atoms with Crippen molar-refractivity contribution in [2.45, 2.75) is 18.9 Å². The first-order valence-electron chi connectivity index (χ1n) is 8.23. The number of hydrogen-bond donors (Lipinski definition) is 2. The largest absolute Gasteiger partial charge is 0.368 e. The highest BCUT2D eigenvalue weighted by molar-refractivity contribution is 5.90. The Hall–Kier alpha value is -3.14. The fourth-order valence-corrected chi connectivity index (χ4v) is 2.94. The van der Waals surface area contributed by atoms with Gasteiger partial charge in [-0.2, -0.15) is 0 Å². The van der Waals surface area contributed by atoms with Crippen LogP contribution in [-0.4, -0.2) is 17.9 Å². The van der Waals surface area contributed by atoms with E-state index in [1.165, 1.54) is 0 Å². The Balaban J connectivity index is 1.75. The summed E-state index contributed by atoms with van der Waals surface area (Å²) in [5, 5.41) is 4.92. The first-order chi connectivity index (χ1) is 12.1. The molecule has 0 radical (unpaired) electrons. The number of fused-ring (bicyclic) bond motifs is 1. The van der Waals surface area contributed by atoms with E-state index in [4.69, 9.17) is 5.73 Å². The topological polar surface area (TPSA) is 72.2 Å². The van der Waals surface area contributed by atoms with Gasteiger partial charge in [0.05, 0.1) is 6.42 Å². The number of amides is 2. The zero-order valence-corrected chi connectivity index (χ0v) is 13.8. The average molecular weight is 332 g/mol. The molecule has 2 amide bonds. The fraction of sp³-hybridized carbons (Fsp3) is 0.143. The Kier molecular flexibility index (Phi) is 5.09. The molecule has 0 saturated heterocycles. The molecule has 0 unspecified atom stereocenters. The van der Waals surface area contributed by atoms with Gasteiger partial charge in [-0.15, -0.1) is 0 Å². The molecule has 0 heterocycles. The van der Waals surface area contributed by atoms with Gasteiger partial charge in [0.25, 0.3) is 0 Å². The molecule has 0 fully saturated rings. The zero-order chi connectivity index (χ0) is 17.6. The Morgan fingerprint density at radius 1 is 0.880 bits per heavy atom. The summed E-state index contributed by atoms with van der Waals surface area (Å²) in [6.07, 6.45) is 0.595. The number of rotatable bonds is 6. The van der Waals surface area contributed by atoms with Crippen LogP contribution in [0.25, 0.3) is 10.8 Å². The van der Waals surface area contributed by atoms with Crippen molar-refractivity contribution in [3.05, 3.63) is 83.9 Å². The van der Waals surface area contributed by atoms with Gasteiger partial charge in [0.1, 0.15) is 6.04 Å². The predicted molar refractivity (Wildman–Crippen MR) is 98.9 cm³/mol. The Labute approximate surface area is 146 Å². The maximum Gasteiger partial charge on any atom is 0.240 e. The molecule has 0 spiro atoms. The van der Waals surface area contributed by atoms with Crippen molar-refractivity contribution in [3.8, 4) is 0 Å². The minimum absolute atomic E-state index is 0.213. The Morgan fingerprint density at radius 2 is 1.56 bits per heavy atom. The molecule has 3 N–H and O–H groups in total. The molecule has 0 bridgehead atoms. The molecule has 0 saturated carbocycles. The van der Waals surface area contributed by atoms with Crippen LogP contribution in [0, 0.1) is 0 Å². The third-order valence-corrected chi connectivity index (χ3v) is 4.19. The number of carbonyl (C=O) groups excluding carboxylic acids is 2. The summed E-state index contributed by atoms with van der Waals surface area (Å²) in [6.45, 7) is 0. The number of benzene rings is 3. The maximum atomic E-state index is 12.3. The SMILES string of the molecule is NC(=O)[C@@H](Cc1cccc2ccccc12)NC(=O)Cc1ccccc1. The van der Waals surface area contributed by atoms with Crippen molar-refractivity contribution in [2.75, 3.05) is 0 Å². The smallest absolute Gasteiger partial charge is 0.240 e. The van der Waals surface area contributed by atoms with E-state index in [9.17, 15) is 9.59 Å². The standard InChI is InChI=1S/C21H20N2O2/c22-21(25)19(23-20(24)13-15-7-2-1-3-8-15)14-17-11-6-10-16-9-4-5-12-18(16)17/h1-12,19H,13-14H2,(H2,22,25)(H,23,24)/t19-/m1/s1. The van der Waals surface area contributed by atoms with Gasteiger partial charge < -0.3 is 11.1 Å². The van der Waals surface area contributed by atoms with Gasteiger partial charge in [-0.05, 0) is 21.9 Å². The van der Waals surface area contributed by atoms with Crippen LogP contribution < -0.4 is 11.1 Å². The van der Waals surface area contributed by atoms with Crippen LogP contribution in [0.4, 0.5) is 0 Å². The third-order valence-electron chi connectivity index (χ3n) is 4.19. The van der Waals surface area contributed by atoms with E-state index >= 15 is 0 Å². The molecule has 0 aliphatic heterocycles. The van der Waals surface area contributed by atoms with E-state index < -0.39 is 11.9 Å². The lowest BCUT2D eigenvalue weighted by Crippen LogP contribution is -2.46. The van der Waals surface area contributed by atoms with Gasteiger partial charge in [0.15, 0.2) is 0 Å². The monoisotopic (exact) mass is 332 g/mol. The number of carbonyl (C=O) groups is 2. The van der Waals surface area contributed by atoms with E-state index in [2.05, 4.69) is 5.32 Å². The highest BCUT2D eigenvalue weighted by atomic mass is 16.2. The van der Waals surface area contributed by atoms with Crippen molar-refractivity contribution in [1.29, 1.82) is 0 Å². The number of primary amides is 1. The quantitative estimate of drug-likeness (QED) is 0.728. The van der Waals surface area contributed by atoms with Crippen molar-refractivity contribution < 1.29 is 9.59 Å². The van der Waals surface area contributed by atoms with E-state index in [1.54, 1.807) is 0 Å². The summed E-state index contributed by atoms with van der Waals surface area (Å²) in [5.74, 6) is -0.746. The van der Waals surface area contributed by atoms with Gasteiger partial charge >= 0.3 is 0 Å². The number of nitrogens with one attached hydrogen (secondary N) is 1. The lowest BCUT2D eigenvalue weighted by atomic mass is 9.98. The maximum absolute atomic E-state index is 12.3. The third kappa shape index (κ3) is 4.23. The normalized spacial score (nSPS) is 11.8. The number of nitrogens with two attached hydrogens (primary N) is 1. The van der Waals surface area contributed by atoms with Gasteiger partial charge in [-0.1, -0.05) is 72.8 Å². The van der Waals surface area contributed by atoms with E-state index in [0.717, 1.165) is 21.9 Å². The second kappa shape index (κ2) is 7.62. The first-order valence-corrected chi connectivity index (χ1v) is 8.23. The Morgan fingerprint density at radius 3 is 2.32 bits per heavy atom. The summed E-state index contributed by atoms with van der Waals surface area (Å²) >= 11 is 0. The van der Waals surface area contributed by atoms with Gasteiger partial charge in [-0.3, -0.25) is 9.59 Å². The molecule has 4 nitrogen and oxygen atoms in total. The molecule has 4 heteroatoms. The minimum atomic E-state index is -0.734. The molecule has 126 valence electrons. The summed E-state index contributed by atoms with van der Waals surface area (Å²) in [6, 6.07) is 22.6. The molecule has 0 aliphatic carbocycles. The van der Waals surface area contributed by atoms with Crippen molar-refractivity contribution in [1.82, 2.24) is 5.32 Å². The minimum Gasteiger partial charge on any atom is -0.368 e. The second-order valence-electron chi connectivity index (χ2n) is 6.03. The van der Waals surface area contributed by atoms with Crippen molar-refractivity contribution >= 4 is 22.6 Å². The lowest BCUT2D eigenvalue weighted by molar-refractivity contribution is -0.126. The van der Waals surface area contributed by atoms with Crippen molar-refractivity contribution in [2.24, 2.45) is 5.73 Å². The van der Waals surface area contributed by atoms with Gasteiger partial charge in [-0.25, -0.2) is 0 Å². The molecule has 0 aliphatic rings. The van der Waals surface area contributed by atoms with Crippen LogP contribution in [0.1, 0.15) is 11.1 Å². The Bertz CT molecular complexity index is 885. The van der Waals surface area contributed by atoms with E-state index in [1.807, 2.05) is 72.8 Å². The first kappa shape index (κ1) is 16.7. The molecule has 0 aromatic heterocycles. The molecule has 3 aromatic carbocycles. The summed E-state index contributed by atoms with van der Waals surface area (Å²) in [5.41, 5.74) is 7.40. The lowest BCUT2D eigenvalue weighted by Gasteiger charge is -2.17. The molecule has 3 rings (SSSR count). The predicted octanol–water partition coefficient (Wildman–Crippen LogP) is 2.60. The average Bonchev–Trinajstić information content (AvgIpc) is 2.62. The second-order valence-corrected chi connectivity index (χ2v) is 6.03. The summed E-state index contributed by atoms with van der Waals surface area (Å²) in [7, 11) is 0. The molecular weight excluding hydrogens is 312 g/mol. The molecule has 3 aromatic rings. The van der Waals surface area contributed by atoms with Crippen LogP contribution in [0.15, 0.2) is 72.8 Å². The highest BCUT2D eigenvalue weighted by Crippen LogP contribution is 2.19. The van der Waals surface area contributed by atoms with Crippen LogP contribution in [0.3, 0.4) is 0 Å². The van der Waals surface area contributed by atoms with E-state index in [-0.39, 0.29) is 12.3 Å². The summed E-state index contributed by atoms with van der Waals surface area (Å²) < 4.78 is 0. The summed E-state index contributed by atoms with van der Waals surface area (Å²) in [4.78, 5) is 24.1. The highest BCUT2D eigenvalue weighted by Gasteiger charge is 2.19. The van der Waals surface area contributed by atoms with Crippen LogP contribution in [-0.2, 0) is 22.4 Å². The number of hydrogen-bond acceptors (Lipinski definition) is 2. The van der Waals surface area contributed by atoms with Crippen molar-refractivity contribution in [3.63, 3.8) is 0 Å². The van der Waals surface area contributed by atoms with Crippen LogP contribution in [0.5, 0.6) is 0 Å². The van der Waals surface area contributed by atoms with E-state index in [0.29, 0.717) is 6.42 Å². The molecule has 1 atom stereocenters. The van der Waals surface area contributed by atoms with Crippen LogP contribution >= 0.6 is 0 Å². The molecular formula is C21H20N2O2. The van der Waals surface area contributed by atoms with Gasteiger partial charge in [0, 0.05) is 6.42 Å². The molecule has 25 heavy (non-hydrogen) atoms.